The number of rotatable bonds is 3. The fourth-order valence-corrected chi connectivity index (χ4v) is 2.50. The number of halogens is 1. The van der Waals surface area contributed by atoms with Crippen LogP contribution in [0.4, 0.5) is 9.83 Å². The number of thioether (sulfide) groups is 1. The van der Waals surface area contributed by atoms with Gasteiger partial charge in [-0.05, 0) is 6.26 Å². The van der Waals surface area contributed by atoms with Crippen LogP contribution in [-0.4, -0.2) is 47.6 Å². The van der Waals surface area contributed by atoms with Crippen molar-refractivity contribution in [3.63, 3.8) is 0 Å². The molecule has 7 nitrogen and oxygen atoms in total. The molecule has 2 rings (SSSR count). The Bertz CT molecular complexity index is 543. The smallest absolute Gasteiger partial charge is 0.280 e. The van der Waals surface area contributed by atoms with Crippen molar-refractivity contribution in [2.75, 3.05) is 17.7 Å². The van der Waals surface area contributed by atoms with Crippen molar-refractivity contribution in [1.29, 1.82) is 0 Å². The summed E-state index contributed by atoms with van der Waals surface area (Å²) in [5.74, 6) is -0.342. The summed E-state index contributed by atoms with van der Waals surface area (Å²) in [6.45, 7) is -0.235. The lowest BCUT2D eigenvalue weighted by atomic mass is 10.4. The highest BCUT2D eigenvalue weighted by Crippen LogP contribution is 2.24. The largest absolute Gasteiger partial charge is 0.307 e. The zero-order valence-corrected chi connectivity index (χ0v) is 10.4. The Hall–Kier alpha value is -1.16. The molecular weight excluding hydrogens is 271 g/mol. The maximum atomic E-state index is 12.8. The molecule has 94 valence electrons. The molecule has 0 spiro atoms. The Kier molecular flexibility index (Phi) is 3.08. The molecule has 1 saturated heterocycles. The van der Waals surface area contributed by atoms with E-state index in [0.29, 0.717) is 5.16 Å². The van der Waals surface area contributed by atoms with Gasteiger partial charge in [-0.25, -0.2) is 5.10 Å². The number of nitrogens with one attached hydrogen (secondary N) is 1. The molecule has 2 heterocycles. The molecule has 0 bridgehead atoms. The monoisotopic (exact) mass is 280 g/mol. The Morgan fingerprint density at radius 1 is 1.59 bits per heavy atom. The standard InChI is InChI=1S/C7H9FN4O3S2/c1-16-7-9-6(10-11-7)12-3-4(2-5(12)13)17(8,14)15/h4H,2-3H2,1H3,(H,9,10,11). The van der Waals surface area contributed by atoms with Crippen molar-refractivity contribution in [2.45, 2.75) is 16.8 Å². The molecule has 0 aliphatic carbocycles. The molecule has 1 N–H and O–H groups in total. The minimum atomic E-state index is -4.70. The van der Waals surface area contributed by atoms with Gasteiger partial charge in [-0.3, -0.25) is 9.69 Å². The number of carbonyl (C=O) groups excluding carboxylic acids is 1. The van der Waals surface area contributed by atoms with Crippen LogP contribution in [0.25, 0.3) is 0 Å². The summed E-state index contributed by atoms with van der Waals surface area (Å²) in [5.41, 5.74) is 0. The summed E-state index contributed by atoms with van der Waals surface area (Å²) in [5, 5.41) is 5.41. The van der Waals surface area contributed by atoms with Gasteiger partial charge in [-0.1, -0.05) is 11.8 Å². The van der Waals surface area contributed by atoms with Crippen LogP contribution in [0, 0.1) is 0 Å². The van der Waals surface area contributed by atoms with Crippen molar-refractivity contribution >= 4 is 33.8 Å². The molecule has 1 aromatic rings. The third-order valence-electron chi connectivity index (χ3n) is 2.38. The van der Waals surface area contributed by atoms with E-state index in [-0.39, 0.29) is 18.9 Å². The van der Waals surface area contributed by atoms with Crippen molar-refractivity contribution in [2.24, 2.45) is 0 Å². The van der Waals surface area contributed by atoms with E-state index in [1.807, 2.05) is 0 Å². The summed E-state index contributed by atoms with van der Waals surface area (Å²) in [6, 6.07) is 0. The molecule has 1 aliphatic heterocycles. The summed E-state index contributed by atoms with van der Waals surface area (Å²) < 4.78 is 34.2. The van der Waals surface area contributed by atoms with Crippen LogP contribution in [0.5, 0.6) is 0 Å². The highest BCUT2D eigenvalue weighted by molar-refractivity contribution is 7.98. The van der Waals surface area contributed by atoms with Crippen molar-refractivity contribution in [1.82, 2.24) is 15.2 Å². The molecule has 1 amide bonds. The Labute approximate surface area is 101 Å². The van der Waals surface area contributed by atoms with E-state index in [1.165, 1.54) is 11.8 Å². The number of aromatic nitrogens is 3. The van der Waals surface area contributed by atoms with Gasteiger partial charge >= 0.3 is 10.2 Å². The van der Waals surface area contributed by atoms with Gasteiger partial charge in [-0.15, -0.1) is 8.98 Å². The zero-order valence-electron chi connectivity index (χ0n) is 8.75. The van der Waals surface area contributed by atoms with Gasteiger partial charge in [0.25, 0.3) is 0 Å². The van der Waals surface area contributed by atoms with Gasteiger partial charge in [0, 0.05) is 13.0 Å². The number of hydrogen-bond acceptors (Lipinski definition) is 6. The number of hydrogen-bond donors (Lipinski definition) is 1. The topological polar surface area (TPSA) is 96.0 Å². The van der Waals surface area contributed by atoms with Crippen LogP contribution in [0.3, 0.4) is 0 Å². The SMILES string of the molecule is CSc1n[nH]c(N2CC(S(=O)(=O)F)CC2=O)n1. The molecule has 0 radical (unpaired) electrons. The third kappa shape index (κ3) is 2.41. The first-order chi connectivity index (χ1) is 7.91. The molecule has 1 fully saturated rings. The molecule has 1 atom stereocenters. The first kappa shape index (κ1) is 12.3. The van der Waals surface area contributed by atoms with Gasteiger partial charge in [0.2, 0.25) is 17.0 Å². The predicted molar refractivity (Wildman–Crippen MR) is 58.9 cm³/mol. The second kappa shape index (κ2) is 4.26. The van der Waals surface area contributed by atoms with Crippen LogP contribution in [0.15, 0.2) is 5.16 Å². The highest BCUT2D eigenvalue weighted by Gasteiger charge is 2.40. The molecule has 0 aromatic carbocycles. The van der Waals surface area contributed by atoms with Crippen LogP contribution in [-0.2, 0) is 15.0 Å². The Balaban J connectivity index is 2.21. The lowest BCUT2D eigenvalue weighted by molar-refractivity contribution is -0.117. The van der Waals surface area contributed by atoms with Gasteiger partial charge in [0.1, 0.15) is 5.25 Å². The molecule has 0 saturated carbocycles. The molecule has 17 heavy (non-hydrogen) atoms. The van der Waals surface area contributed by atoms with E-state index in [1.54, 1.807) is 6.26 Å². The highest BCUT2D eigenvalue weighted by atomic mass is 32.3. The molecular formula is C7H9FN4O3S2. The molecule has 1 unspecified atom stereocenters. The summed E-state index contributed by atoms with van der Waals surface area (Å²) >= 11 is 1.27. The maximum Gasteiger partial charge on any atom is 0.307 e. The van der Waals surface area contributed by atoms with E-state index in [4.69, 9.17) is 0 Å². The normalized spacial score (nSPS) is 21.2. The zero-order chi connectivity index (χ0) is 12.6. The lowest BCUT2D eigenvalue weighted by Gasteiger charge is -2.10. The number of anilines is 1. The van der Waals surface area contributed by atoms with Crippen molar-refractivity contribution < 1.29 is 17.1 Å². The predicted octanol–water partition coefficient (Wildman–Crippen LogP) is -0.0688. The number of amides is 1. The number of aromatic amines is 1. The average Bonchev–Trinajstić information content (AvgIpc) is 2.82. The molecule has 1 aliphatic rings. The number of H-pyrrole nitrogens is 1. The number of carbonyl (C=O) groups is 1. The van der Waals surface area contributed by atoms with Gasteiger partial charge in [0.15, 0.2) is 0 Å². The summed E-state index contributed by atoms with van der Waals surface area (Å²) in [7, 11) is -4.70. The second-order valence-electron chi connectivity index (χ2n) is 3.45. The molecule has 1 aromatic heterocycles. The van der Waals surface area contributed by atoms with E-state index < -0.39 is 21.4 Å². The van der Waals surface area contributed by atoms with E-state index in [9.17, 15) is 17.1 Å². The van der Waals surface area contributed by atoms with Crippen LogP contribution >= 0.6 is 11.8 Å². The fraction of sp³-hybridized carbons (Fsp3) is 0.571. The van der Waals surface area contributed by atoms with Gasteiger partial charge in [-0.2, -0.15) is 13.4 Å². The lowest BCUT2D eigenvalue weighted by Crippen LogP contribution is -2.27. The van der Waals surface area contributed by atoms with Gasteiger partial charge in [0.05, 0.1) is 0 Å². The first-order valence-electron chi connectivity index (χ1n) is 4.62. The van der Waals surface area contributed by atoms with Crippen molar-refractivity contribution in [3.8, 4) is 0 Å². The van der Waals surface area contributed by atoms with Crippen LogP contribution in [0.1, 0.15) is 6.42 Å². The minimum absolute atomic E-state index is 0.144. The molecule has 10 heteroatoms. The number of nitrogens with zero attached hydrogens (tertiary/aromatic N) is 3. The van der Waals surface area contributed by atoms with Crippen LogP contribution < -0.4 is 4.90 Å². The quantitative estimate of drug-likeness (QED) is 0.615. The van der Waals surface area contributed by atoms with E-state index >= 15 is 0 Å². The maximum absolute atomic E-state index is 12.8. The average molecular weight is 280 g/mol. The van der Waals surface area contributed by atoms with E-state index in [2.05, 4.69) is 15.2 Å². The summed E-state index contributed by atoms with van der Waals surface area (Å²) in [6.07, 6.45) is 1.39. The Morgan fingerprint density at radius 2 is 2.29 bits per heavy atom. The van der Waals surface area contributed by atoms with E-state index in [0.717, 1.165) is 4.90 Å². The Morgan fingerprint density at radius 3 is 2.76 bits per heavy atom. The minimum Gasteiger partial charge on any atom is -0.280 e. The fourth-order valence-electron chi connectivity index (χ4n) is 1.52. The second-order valence-corrected chi connectivity index (χ2v) is 5.84. The third-order valence-corrected chi connectivity index (χ3v) is 4.04. The van der Waals surface area contributed by atoms with Gasteiger partial charge < -0.3 is 0 Å². The van der Waals surface area contributed by atoms with Crippen molar-refractivity contribution in [3.05, 3.63) is 0 Å². The van der Waals surface area contributed by atoms with Crippen LogP contribution in [0.2, 0.25) is 0 Å². The first-order valence-corrected chi connectivity index (χ1v) is 7.29. The summed E-state index contributed by atoms with van der Waals surface area (Å²) in [4.78, 5) is 16.6.